The molecule has 0 radical (unpaired) electrons. The van der Waals surface area contributed by atoms with Crippen molar-refractivity contribution in [2.24, 2.45) is 0 Å². The first kappa shape index (κ1) is 115. The van der Waals surface area contributed by atoms with Crippen LogP contribution in [0.1, 0.15) is 25.7 Å². The number of hydrogen-bond donors (Lipinski definition) is 0. The molecule has 12 rings (SSSR count). The Hall–Kier alpha value is -13.1. The van der Waals surface area contributed by atoms with E-state index in [9.17, 15) is 0 Å². The standard InChI is InChI=1S/C84H24B4F60Si/c89-25-13(26(90)50(114)73(137)49(25)113)85(14-27(91)51(115)74(138)52(116)28(14)92,15-29(93)53(117)75(139)54(118)30(15)94)5-1-9-149(10-2-6-86(16-31(95)55(119)76(140)56(120)32(16)96,17-33(97)57(121)77(141)58(122)34(17)98)18-35(99)59(123)78(142)60(124)36(18)100,11-3-7-87(19-37(101)61(125)79(143)62(126)38(19)102,20-39(103)63(127)80(144)64(128)40(20)104)21-41(105)65(129)81(145)66(130)42(21)106)12-4-8-88(22-43(107)67(131)82(146)68(132)44(22)108,23-45(109)69(133)83(147)70(134)46(23)110)24-47(111)71(135)84(148)72(136)48(24)112/h1-12H2/q-4. The monoisotopic (exact) mass is 2240 g/mol. The van der Waals surface area contributed by atoms with E-state index in [1.165, 1.54) is 0 Å². The zero-order valence-corrected chi connectivity index (χ0v) is 71.0. The lowest BCUT2D eigenvalue weighted by Crippen LogP contribution is -2.73. The van der Waals surface area contributed by atoms with Crippen LogP contribution in [0, 0.1) is 349 Å². The van der Waals surface area contributed by atoms with Gasteiger partial charge in [-0.25, -0.2) is 263 Å². The summed E-state index contributed by atoms with van der Waals surface area (Å²) in [5.74, 6) is -247. The molecule has 0 aromatic heterocycles. The first-order valence-electron chi connectivity index (χ1n) is 39.9. The molecule has 0 heterocycles. The van der Waals surface area contributed by atoms with E-state index in [1.54, 1.807) is 0 Å². The zero-order chi connectivity index (χ0) is 113. The highest BCUT2D eigenvalue weighted by Gasteiger charge is 2.56. The summed E-state index contributed by atoms with van der Waals surface area (Å²) in [5.41, 5.74) is -48.0. The molecule has 0 saturated heterocycles. The average molecular weight is 2240 g/mol. The maximum absolute atomic E-state index is 17.5. The van der Waals surface area contributed by atoms with E-state index in [-0.39, 0.29) is 0 Å². The SMILES string of the molecule is Fc1c(F)c(F)c([B-](CCC[Si](CCC[B-](c2c(F)c(F)c(F)c(F)c2F)(c2c(F)c(F)c(F)c(F)c2F)c2c(F)c(F)c(F)c(F)c2F)(CCC[B-](c2c(F)c(F)c(F)c(F)c2F)(c2c(F)c(F)c(F)c(F)c2F)c2c(F)c(F)c(F)c(F)c2F)CCC[B-](c2c(F)c(F)c(F)c(F)c2F)(c2c(F)c(F)c(F)c(F)c2F)c2c(F)c(F)c(F)c(F)c2F)(c2c(F)c(F)c(F)c(F)c2F)c2c(F)c(F)c(F)c(F)c2F)c(F)c1F. The maximum atomic E-state index is 17.5. The van der Waals surface area contributed by atoms with Crippen molar-refractivity contribution >= 4 is 98.2 Å². The van der Waals surface area contributed by atoms with E-state index in [4.69, 9.17) is 0 Å². The molecular weight excluding hydrogens is 2220 g/mol. The van der Waals surface area contributed by atoms with Gasteiger partial charge in [-0.1, -0.05) is 49.9 Å². The van der Waals surface area contributed by atoms with Crippen LogP contribution in [0.15, 0.2) is 0 Å². The lowest BCUT2D eigenvalue weighted by Gasteiger charge is -2.47. The molecule has 0 aliphatic heterocycles. The minimum absolute atomic E-state index is 3.18. The third kappa shape index (κ3) is 16.6. The Labute approximate surface area is 783 Å². The van der Waals surface area contributed by atoms with Gasteiger partial charge >= 0.3 is 0 Å². The zero-order valence-electron chi connectivity index (χ0n) is 70.0. The first-order chi connectivity index (χ1) is 68.9. The van der Waals surface area contributed by atoms with Gasteiger partial charge in [0, 0.05) is 0 Å². The molecule has 0 aliphatic carbocycles. The summed E-state index contributed by atoms with van der Waals surface area (Å²) in [6.45, 7) is 0. The van der Waals surface area contributed by atoms with Gasteiger partial charge in [0.1, 0.15) is 164 Å². The molecule has 0 nitrogen and oxygen atoms in total. The van der Waals surface area contributed by atoms with Crippen LogP contribution in [0.3, 0.4) is 0 Å². The molecule has 0 fully saturated rings. The molecule has 0 saturated carbocycles. The number of hydrogen-bond acceptors (Lipinski definition) is 0. The quantitative estimate of drug-likeness (QED) is 0.0198. The minimum atomic E-state index is -7.81. The molecule has 12 aromatic rings. The van der Waals surface area contributed by atoms with Crippen LogP contribution in [0.4, 0.5) is 263 Å². The summed E-state index contributed by atoms with van der Waals surface area (Å²) in [6, 6.07) is -12.7. The second kappa shape index (κ2) is 40.3. The van der Waals surface area contributed by atoms with Crippen molar-refractivity contribution < 1.29 is 263 Å². The van der Waals surface area contributed by atoms with Gasteiger partial charge in [-0.05, 0) is 0 Å². The molecule has 12 aromatic carbocycles. The highest BCUT2D eigenvalue weighted by atomic mass is 28.3. The van der Waals surface area contributed by atoms with Crippen LogP contribution in [-0.2, 0) is 0 Å². The Morgan fingerprint density at radius 3 is 0.201 bits per heavy atom. The molecular formula is C84H24B4F60Si-4. The van der Waals surface area contributed by atoms with E-state index >= 15 is 263 Å². The summed E-state index contributed by atoms with van der Waals surface area (Å²) >= 11 is 0. The van der Waals surface area contributed by atoms with E-state index in [2.05, 4.69) is 0 Å². The van der Waals surface area contributed by atoms with Crippen LogP contribution in [0.5, 0.6) is 0 Å². The van der Waals surface area contributed by atoms with Crippen molar-refractivity contribution in [1.82, 2.24) is 0 Å². The van der Waals surface area contributed by atoms with E-state index in [0.717, 1.165) is 0 Å². The van der Waals surface area contributed by atoms with Crippen molar-refractivity contribution in [3.05, 3.63) is 349 Å². The van der Waals surface area contributed by atoms with Gasteiger partial charge in [-0.2, -0.15) is 25.3 Å². The smallest absolute Gasteiger partial charge is 0.200 e. The van der Waals surface area contributed by atoms with Crippen LogP contribution in [0.2, 0.25) is 49.5 Å². The van der Waals surface area contributed by atoms with Crippen molar-refractivity contribution in [1.29, 1.82) is 0 Å². The summed E-state index contributed by atoms with van der Waals surface area (Å²) < 4.78 is 997. The maximum Gasteiger partial charge on any atom is 0.200 e. The summed E-state index contributed by atoms with van der Waals surface area (Å²) in [7, 11) is -7.81. The normalized spacial score (nSPS) is 12.5. The molecule has 0 N–H and O–H groups in total. The average Bonchev–Trinajstić information content (AvgIpc) is 0.708. The molecule has 800 valence electrons. The van der Waals surface area contributed by atoms with Gasteiger partial charge in [0.05, 0.1) is 8.07 Å². The number of rotatable bonds is 28. The van der Waals surface area contributed by atoms with Crippen LogP contribution >= 0.6 is 0 Å². The highest BCUT2D eigenvalue weighted by molar-refractivity contribution is 7.14. The third-order valence-electron chi connectivity index (χ3n) is 26.2. The van der Waals surface area contributed by atoms with E-state index in [0.29, 0.717) is 0 Å². The van der Waals surface area contributed by atoms with E-state index in [1.807, 2.05) is 0 Å². The summed E-state index contributed by atoms with van der Waals surface area (Å²) in [6.07, 6.45) is -58.7. The van der Waals surface area contributed by atoms with Crippen molar-refractivity contribution in [2.75, 3.05) is 0 Å². The molecule has 0 aliphatic rings. The van der Waals surface area contributed by atoms with Gasteiger partial charge in [-0.15, -0.1) is 65.6 Å². The topological polar surface area (TPSA) is 0 Å². The van der Waals surface area contributed by atoms with Crippen molar-refractivity contribution in [3.63, 3.8) is 0 Å². The Balaban J connectivity index is 1.37. The van der Waals surface area contributed by atoms with Crippen LogP contribution in [0.25, 0.3) is 0 Å². The predicted octanol–water partition coefficient (Wildman–Crippen LogP) is 22.0. The number of halogens is 60. The summed E-state index contributed by atoms with van der Waals surface area (Å²) in [5, 5.41) is 0. The van der Waals surface area contributed by atoms with Gasteiger partial charge in [-0.3, -0.25) is 0 Å². The fraction of sp³-hybridized carbons (Fsp3) is 0.143. The van der Waals surface area contributed by atoms with Gasteiger partial charge < -0.3 is 0 Å². The molecule has 149 heavy (non-hydrogen) atoms. The van der Waals surface area contributed by atoms with Gasteiger partial charge in [0.25, 0.3) is 0 Å². The lowest BCUT2D eigenvalue weighted by atomic mass is 9.13. The molecule has 0 spiro atoms. The van der Waals surface area contributed by atoms with E-state index < -0.39 is 522 Å². The Morgan fingerprint density at radius 2 is 0.141 bits per heavy atom. The third-order valence-corrected chi connectivity index (χ3v) is 31.9. The lowest BCUT2D eigenvalue weighted by molar-refractivity contribution is 0.379. The Kier molecular flexibility index (Phi) is 31.0. The number of benzene rings is 12. The Bertz CT molecular complexity index is 5840. The molecule has 0 bridgehead atoms. The van der Waals surface area contributed by atoms with Crippen LogP contribution in [-0.4, -0.2) is 32.7 Å². The second-order valence-electron chi connectivity index (χ2n) is 33.1. The van der Waals surface area contributed by atoms with Crippen molar-refractivity contribution in [2.45, 2.75) is 75.1 Å². The van der Waals surface area contributed by atoms with Crippen LogP contribution < -0.4 is 65.6 Å². The highest BCUT2D eigenvalue weighted by Crippen LogP contribution is 2.45. The summed E-state index contributed by atoms with van der Waals surface area (Å²) in [4.78, 5) is 0. The largest absolute Gasteiger partial charge is 0.207 e. The minimum Gasteiger partial charge on any atom is -0.207 e. The van der Waals surface area contributed by atoms with Crippen molar-refractivity contribution in [3.8, 4) is 0 Å². The fourth-order valence-electron chi connectivity index (χ4n) is 20.0. The van der Waals surface area contributed by atoms with Gasteiger partial charge in [0.15, 0.2) is 209 Å². The Morgan fingerprint density at radius 1 is 0.0872 bits per heavy atom. The van der Waals surface area contributed by atoms with Gasteiger partial charge in [0.2, 0.25) is 0 Å². The molecule has 0 amide bonds. The molecule has 65 heteroatoms. The fourth-order valence-corrected chi connectivity index (χ4v) is 25.3. The second-order valence-corrected chi connectivity index (χ2v) is 38.1. The molecule has 0 atom stereocenters. The predicted molar refractivity (Wildman–Crippen MR) is 396 cm³/mol. The first-order valence-corrected chi connectivity index (χ1v) is 42.7. The molecule has 0 unspecified atom stereocenters.